The SMILES string of the molecule is Cl.NCc1cn(Cc2c(F)cccc2Cl)nn1. The predicted octanol–water partition coefficient (Wildman–Crippen LogP) is 2.00. The number of hydrogen-bond acceptors (Lipinski definition) is 3. The summed E-state index contributed by atoms with van der Waals surface area (Å²) < 4.78 is 15.0. The molecule has 0 unspecified atom stereocenters. The van der Waals surface area contributed by atoms with Gasteiger partial charge in [0.25, 0.3) is 0 Å². The summed E-state index contributed by atoms with van der Waals surface area (Å²) in [6.45, 7) is 0.559. The number of hydrogen-bond donors (Lipinski definition) is 1. The first-order valence-electron chi connectivity index (χ1n) is 4.72. The lowest BCUT2D eigenvalue weighted by molar-refractivity contribution is 0.577. The van der Waals surface area contributed by atoms with Gasteiger partial charge in [-0.1, -0.05) is 22.9 Å². The fourth-order valence-corrected chi connectivity index (χ4v) is 1.58. The summed E-state index contributed by atoms with van der Waals surface area (Å²) in [4.78, 5) is 0. The molecule has 1 heterocycles. The van der Waals surface area contributed by atoms with Crippen molar-refractivity contribution in [3.05, 3.63) is 46.5 Å². The molecule has 0 fully saturated rings. The molecule has 0 aliphatic heterocycles. The van der Waals surface area contributed by atoms with Gasteiger partial charge < -0.3 is 5.73 Å². The summed E-state index contributed by atoms with van der Waals surface area (Å²) in [6, 6.07) is 4.57. The summed E-state index contributed by atoms with van der Waals surface area (Å²) in [5.41, 5.74) is 6.46. The summed E-state index contributed by atoms with van der Waals surface area (Å²) in [7, 11) is 0. The third-order valence-corrected chi connectivity index (χ3v) is 2.53. The zero-order valence-corrected chi connectivity index (χ0v) is 10.4. The molecule has 0 amide bonds. The first kappa shape index (κ1) is 13.9. The molecule has 4 nitrogen and oxygen atoms in total. The van der Waals surface area contributed by atoms with Crippen LogP contribution in [0.1, 0.15) is 11.3 Å². The highest BCUT2D eigenvalue weighted by atomic mass is 35.5. The fourth-order valence-electron chi connectivity index (χ4n) is 1.35. The number of benzene rings is 1. The molecule has 0 aliphatic rings. The summed E-state index contributed by atoms with van der Waals surface area (Å²) >= 11 is 5.89. The van der Waals surface area contributed by atoms with Crippen LogP contribution < -0.4 is 5.73 Å². The summed E-state index contributed by atoms with van der Waals surface area (Å²) in [5, 5.41) is 8.02. The van der Waals surface area contributed by atoms with Gasteiger partial charge in [0.2, 0.25) is 0 Å². The van der Waals surface area contributed by atoms with Crippen molar-refractivity contribution < 1.29 is 4.39 Å². The Morgan fingerprint density at radius 3 is 2.76 bits per heavy atom. The first-order valence-corrected chi connectivity index (χ1v) is 5.10. The predicted molar refractivity (Wildman–Crippen MR) is 65.7 cm³/mol. The number of rotatable bonds is 3. The van der Waals surface area contributed by atoms with Gasteiger partial charge in [0, 0.05) is 17.1 Å². The third-order valence-electron chi connectivity index (χ3n) is 2.18. The summed E-state index contributed by atoms with van der Waals surface area (Å²) in [5.74, 6) is -0.350. The standard InChI is InChI=1S/C10H10ClFN4.ClH/c11-9-2-1-3-10(12)8(9)6-16-5-7(4-13)14-15-16;/h1-3,5H,4,6,13H2;1H. The van der Waals surface area contributed by atoms with Crippen molar-refractivity contribution >= 4 is 24.0 Å². The highest BCUT2D eigenvalue weighted by Crippen LogP contribution is 2.19. The Balaban J connectivity index is 0.00000144. The lowest BCUT2D eigenvalue weighted by Gasteiger charge is -2.04. The minimum atomic E-state index is -0.350. The van der Waals surface area contributed by atoms with Gasteiger partial charge >= 0.3 is 0 Å². The van der Waals surface area contributed by atoms with Gasteiger partial charge in [-0.25, -0.2) is 9.07 Å². The molecular weight excluding hydrogens is 266 g/mol. The molecule has 0 radical (unpaired) electrons. The Kier molecular flexibility index (Phi) is 4.86. The van der Waals surface area contributed by atoms with Gasteiger partial charge in [0.15, 0.2) is 0 Å². The van der Waals surface area contributed by atoms with Crippen LogP contribution in [0, 0.1) is 5.82 Å². The Bertz CT molecular complexity index is 481. The minimum absolute atomic E-state index is 0. The van der Waals surface area contributed by atoms with Gasteiger partial charge in [-0.2, -0.15) is 0 Å². The Labute approximate surface area is 109 Å². The molecule has 17 heavy (non-hydrogen) atoms. The van der Waals surface area contributed by atoms with Crippen LogP contribution in [0.15, 0.2) is 24.4 Å². The van der Waals surface area contributed by atoms with Crippen LogP contribution in [0.2, 0.25) is 5.02 Å². The van der Waals surface area contributed by atoms with Crippen LogP contribution in [0.5, 0.6) is 0 Å². The van der Waals surface area contributed by atoms with Crippen molar-refractivity contribution in [1.29, 1.82) is 0 Å². The molecule has 0 spiro atoms. The highest BCUT2D eigenvalue weighted by Gasteiger charge is 2.08. The molecule has 2 N–H and O–H groups in total. The van der Waals surface area contributed by atoms with Crippen LogP contribution in [0.3, 0.4) is 0 Å². The zero-order valence-electron chi connectivity index (χ0n) is 8.81. The van der Waals surface area contributed by atoms with Crippen molar-refractivity contribution in [1.82, 2.24) is 15.0 Å². The molecule has 2 rings (SSSR count). The fraction of sp³-hybridized carbons (Fsp3) is 0.200. The lowest BCUT2D eigenvalue weighted by Crippen LogP contribution is -2.03. The van der Waals surface area contributed by atoms with E-state index < -0.39 is 0 Å². The lowest BCUT2D eigenvalue weighted by atomic mass is 10.2. The Hall–Kier alpha value is -1.17. The number of nitrogens with two attached hydrogens (primary N) is 1. The normalized spacial score (nSPS) is 10.1. The largest absolute Gasteiger partial charge is 0.325 e. The van der Waals surface area contributed by atoms with Crippen LogP contribution >= 0.6 is 24.0 Å². The molecular formula is C10H11Cl2FN4. The second-order valence-electron chi connectivity index (χ2n) is 3.31. The van der Waals surface area contributed by atoms with Crippen molar-refractivity contribution in [2.75, 3.05) is 0 Å². The van der Waals surface area contributed by atoms with E-state index in [1.165, 1.54) is 10.7 Å². The number of aromatic nitrogens is 3. The Morgan fingerprint density at radius 2 is 2.18 bits per heavy atom. The zero-order chi connectivity index (χ0) is 11.5. The molecule has 0 saturated carbocycles. The maximum Gasteiger partial charge on any atom is 0.129 e. The van der Waals surface area contributed by atoms with E-state index in [9.17, 15) is 4.39 Å². The Morgan fingerprint density at radius 1 is 1.41 bits per heavy atom. The van der Waals surface area contributed by atoms with Gasteiger partial charge in [0.05, 0.1) is 18.4 Å². The smallest absolute Gasteiger partial charge is 0.129 e. The maximum absolute atomic E-state index is 13.5. The summed E-state index contributed by atoms with van der Waals surface area (Å²) in [6.07, 6.45) is 1.67. The average Bonchev–Trinajstić information content (AvgIpc) is 2.71. The van der Waals surface area contributed by atoms with Crippen molar-refractivity contribution in [2.24, 2.45) is 5.73 Å². The molecule has 92 valence electrons. The van der Waals surface area contributed by atoms with Crippen molar-refractivity contribution in [3.8, 4) is 0 Å². The van der Waals surface area contributed by atoms with Crippen LogP contribution in [-0.4, -0.2) is 15.0 Å². The maximum atomic E-state index is 13.5. The van der Waals surface area contributed by atoms with E-state index in [0.29, 0.717) is 22.8 Å². The molecule has 0 atom stereocenters. The van der Waals surface area contributed by atoms with Gasteiger partial charge in [-0.15, -0.1) is 17.5 Å². The second kappa shape index (κ2) is 5.95. The average molecular weight is 277 g/mol. The van der Waals surface area contributed by atoms with Gasteiger partial charge in [-0.3, -0.25) is 0 Å². The topological polar surface area (TPSA) is 56.7 Å². The van der Waals surface area contributed by atoms with Crippen LogP contribution in [-0.2, 0) is 13.1 Å². The molecule has 7 heteroatoms. The molecule has 0 saturated heterocycles. The molecule has 2 aromatic rings. The van der Waals surface area contributed by atoms with E-state index in [4.69, 9.17) is 17.3 Å². The van der Waals surface area contributed by atoms with Gasteiger partial charge in [0.1, 0.15) is 5.82 Å². The van der Waals surface area contributed by atoms with E-state index in [1.54, 1.807) is 18.3 Å². The van der Waals surface area contributed by atoms with E-state index in [-0.39, 0.29) is 24.8 Å². The molecule has 0 aliphatic carbocycles. The van der Waals surface area contributed by atoms with E-state index in [1.807, 2.05) is 0 Å². The second-order valence-corrected chi connectivity index (χ2v) is 3.72. The first-order chi connectivity index (χ1) is 7.70. The third kappa shape index (κ3) is 3.15. The monoisotopic (exact) mass is 276 g/mol. The molecule has 1 aromatic carbocycles. The quantitative estimate of drug-likeness (QED) is 0.933. The van der Waals surface area contributed by atoms with Crippen molar-refractivity contribution in [2.45, 2.75) is 13.1 Å². The molecule has 0 bridgehead atoms. The van der Waals surface area contributed by atoms with E-state index >= 15 is 0 Å². The minimum Gasteiger partial charge on any atom is -0.325 e. The highest BCUT2D eigenvalue weighted by molar-refractivity contribution is 6.31. The van der Waals surface area contributed by atoms with Crippen LogP contribution in [0.25, 0.3) is 0 Å². The van der Waals surface area contributed by atoms with Crippen LogP contribution in [0.4, 0.5) is 4.39 Å². The number of halogens is 3. The molecule has 1 aromatic heterocycles. The van der Waals surface area contributed by atoms with E-state index in [0.717, 1.165) is 0 Å². The number of nitrogens with zero attached hydrogens (tertiary/aromatic N) is 3. The van der Waals surface area contributed by atoms with E-state index in [2.05, 4.69) is 10.3 Å². The van der Waals surface area contributed by atoms with Crippen molar-refractivity contribution in [3.63, 3.8) is 0 Å². The van der Waals surface area contributed by atoms with Gasteiger partial charge in [-0.05, 0) is 12.1 Å².